The van der Waals surface area contributed by atoms with E-state index in [0.29, 0.717) is 50.9 Å². The van der Waals surface area contributed by atoms with Gasteiger partial charge >= 0.3 is 18.2 Å². The number of esters is 1. The third kappa shape index (κ3) is 16.3. The van der Waals surface area contributed by atoms with Crippen LogP contribution in [0.3, 0.4) is 0 Å². The highest BCUT2D eigenvalue weighted by atomic mass is 16.6. The van der Waals surface area contributed by atoms with Crippen molar-refractivity contribution >= 4 is 24.1 Å². The van der Waals surface area contributed by atoms with Crippen molar-refractivity contribution in [1.29, 1.82) is 0 Å². The Hall–Kier alpha value is -2.78. The Labute approximate surface area is 377 Å². The van der Waals surface area contributed by atoms with Crippen molar-refractivity contribution in [3.05, 3.63) is 11.6 Å². The molecule has 10 heteroatoms. The molecule has 0 radical (unpaired) electrons. The first-order chi connectivity index (χ1) is 29.2. The van der Waals surface area contributed by atoms with Crippen LogP contribution in [0.1, 0.15) is 210 Å². The van der Waals surface area contributed by atoms with Gasteiger partial charge in [0.2, 0.25) is 5.91 Å². The molecule has 0 heterocycles. The number of fused-ring (bicyclic) bond motifs is 5. The van der Waals surface area contributed by atoms with Gasteiger partial charge < -0.3 is 29.7 Å². The zero-order valence-corrected chi connectivity index (χ0v) is 41.2. The number of ether oxygens (including phenoxy) is 3. The minimum absolute atomic E-state index is 0.0434. The van der Waals surface area contributed by atoms with Gasteiger partial charge in [0.05, 0.1) is 0 Å². The molecule has 0 spiro atoms. The Morgan fingerprint density at radius 2 is 1.35 bits per heavy atom. The van der Waals surface area contributed by atoms with Gasteiger partial charge in [0.1, 0.15) is 17.3 Å². The standard InChI is InChI=1S/C52H91N3O7/c1-38(2)21-15-16-22-39-26-28-43-42-27-25-40-37-41(29-31-52(40,10)44(42)30-32-51(39,43)9)60-46(57)24-19-23-45(56)55(36-20-34-54-48(59)62-50(6,7)8)35-18-14-12-11-13-17-33-53-47(58)61-49(3,4)5/h25,38-39,41-44H,11-24,26-37H2,1-10H3,(H,53,58)(H,54,59)/t39?,41?,42-,43?,44?,51?,52?/m0/s1. The van der Waals surface area contributed by atoms with E-state index < -0.39 is 17.3 Å². The molecular formula is C52H91N3O7. The number of hydrogen-bond acceptors (Lipinski definition) is 7. The first kappa shape index (κ1) is 51.9. The number of carbonyl (C=O) groups excluding carboxylic acids is 4. The van der Waals surface area contributed by atoms with Gasteiger partial charge in [-0.25, -0.2) is 9.59 Å². The predicted octanol–water partition coefficient (Wildman–Crippen LogP) is 12.5. The number of amides is 3. The quantitative estimate of drug-likeness (QED) is 0.0453. The lowest BCUT2D eigenvalue weighted by Crippen LogP contribution is -2.50. The summed E-state index contributed by atoms with van der Waals surface area (Å²) in [5.74, 6) is 3.97. The summed E-state index contributed by atoms with van der Waals surface area (Å²) in [6.07, 6.45) is 24.4. The fourth-order valence-corrected chi connectivity index (χ4v) is 11.8. The van der Waals surface area contributed by atoms with Gasteiger partial charge in [-0.1, -0.05) is 84.3 Å². The molecular weight excluding hydrogens is 779 g/mol. The van der Waals surface area contributed by atoms with Crippen molar-refractivity contribution in [2.24, 2.45) is 40.4 Å². The lowest BCUT2D eigenvalue weighted by atomic mass is 9.47. The minimum atomic E-state index is -0.569. The third-order valence-electron chi connectivity index (χ3n) is 15.1. The predicted molar refractivity (Wildman–Crippen MR) is 250 cm³/mol. The molecule has 0 bridgehead atoms. The molecule has 0 aromatic rings. The molecule has 0 aromatic heterocycles. The Bertz CT molecular complexity index is 1460. The molecule has 3 fully saturated rings. The maximum Gasteiger partial charge on any atom is 0.407 e. The van der Waals surface area contributed by atoms with E-state index in [1.54, 1.807) is 0 Å². The normalized spacial score (nSPS) is 27.0. The van der Waals surface area contributed by atoms with Gasteiger partial charge in [-0.05, 0) is 159 Å². The van der Waals surface area contributed by atoms with Crippen LogP contribution in [0.25, 0.3) is 0 Å². The molecule has 7 atom stereocenters. The minimum Gasteiger partial charge on any atom is -0.462 e. The summed E-state index contributed by atoms with van der Waals surface area (Å²) in [6.45, 7) is 23.2. The second-order valence-electron chi connectivity index (χ2n) is 22.7. The van der Waals surface area contributed by atoms with Crippen LogP contribution in [0.4, 0.5) is 9.59 Å². The lowest BCUT2D eigenvalue weighted by Gasteiger charge is -2.58. The highest BCUT2D eigenvalue weighted by Crippen LogP contribution is 2.67. The third-order valence-corrected chi connectivity index (χ3v) is 15.1. The molecule has 10 nitrogen and oxygen atoms in total. The largest absolute Gasteiger partial charge is 0.462 e. The molecule has 3 amide bonds. The Morgan fingerprint density at radius 3 is 2.02 bits per heavy atom. The van der Waals surface area contributed by atoms with E-state index >= 15 is 0 Å². The maximum atomic E-state index is 13.5. The van der Waals surface area contributed by atoms with Crippen molar-refractivity contribution in [2.75, 3.05) is 26.2 Å². The first-order valence-electron chi connectivity index (χ1n) is 25.3. The van der Waals surface area contributed by atoms with Crippen molar-refractivity contribution in [3.8, 4) is 0 Å². The summed E-state index contributed by atoms with van der Waals surface area (Å²) in [5, 5.41) is 5.62. The average Bonchev–Trinajstić information content (AvgIpc) is 3.51. The molecule has 0 aromatic carbocycles. The summed E-state index contributed by atoms with van der Waals surface area (Å²) in [4.78, 5) is 52.6. The van der Waals surface area contributed by atoms with E-state index in [0.717, 1.165) is 87.4 Å². The van der Waals surface area contributed by atoms with E-state index in [4.69, 9.17) is 14.2 Å². The van der Waals surface area contributed by atoms with Crippen molar-refractivity contribution in [1.82, 2.24) is 15.5 Å². The van der Waals surface area contributed by atoms with Crippen LogP contribution in [0.15, 0.2) is 11.6 Å². The number of allylic oxidation sites excluding steroid dienone is 1. The van der Waals surface area contributed by atoms with E-state index in [1.165, 1.54) is 63.4 Å². The SMILES string of the molecule is CC(C)CCCCC1CCC2[C@@H]3CC=C4CC(OC(=O)CCCC(=O)N(CCCCCCCCNC(=O)OC(C)(C)C)CCCNC(=O)OC(C)(C)C)CCC4(C)C3CCC12C. The molecule has 0 aliphatic heterocycles. The van der Waals surface area contributed by atoms with Gasteiger partial charge in [-0.15, -0.1) is 0 Å². The van der Waals surface area contributed by atoms with Gasteiger partial charge in [0.15, 0.2) is 0 Å². The number of alkyl carbamates (subject to hydrolysis) is 2. The van der Waals surface area contributed by atoms with E-state index in [9.17, 15) is 19.2 Å². The molecule has 62 heavy (non-hydrogen) atoms. The summed E-state index contributed by atoms with van der Waals surface area (Å²) in [7, 11) is 0. The Kier molecular flexibility index (Phi) is 20.0. The summed E-state index contributed by atoms with van der Waals surface area (Å²) < 4.78 is 16.8. The summed E-state index contributed by atoms with van der Waals surface area (Å²) >= 11 is 0. The second kappa shape index (κ2) is 23.9. The average molecular weight is 870 g/mol. The number of nitrogens with one attached hydrogen (secondary N) is 2. The van der Waals surface area contributed by atoms with Crippen LogP contribution < -0.4 is 10.6 Å². The number of rotatable bonds is 23. The number of hydrogen-bond donors (Lipinski definition) is 2. The second-order valence-corrected chi connectivity index (χ2v) is 22.7. The van der Waals surface area contributed by atoms with Crippen molar-refractivity contribution in [2.45, 2.75) is 228 Å². The molecule has 3 saturated carbocycles. The lowest BCUT2D eigenvalue weighted by molar-refractivity contribution is -0.151. The molecule has 0 saturated heterocycles. The molecule has 4 aliphatic rings. The number of unbranched alkanes of at least 4 members (excludes halogenated alkanes) is 6. The molecule has 4 aliphatic carbocycles. The van der Waals surface area contributed by atoms with Gasteiger partial charge in [0.25, 0.3) is 0 Å². The fraction of sp³-hybridized carbons (Fsp3) is 0.885. The smallest absolute Gasteiger partial charge is 0.407 e. The molecule has 356 valence electrons. The topological polar surface area (TPSA) is 123 Å². The van der Waals surface area contributed by atoms with E-state index in [-0.39, 0.29) is 35.9 Å². The van der Waals surface area contributed by atoms with Crippen molar-refractivity contribution in [3.63, 3.8) is 0 Å². The van der Waals surface area contributed by atoms with Crippen molar-refractivity contribution < 1.29 is 33.4 Å². The molecule has 6 unspecified atom stereocenters. The Balaban J connectivity index is 1.18. The van der Waals surface area contributed by atoms with Gasteiger partial charge in [-0.2, -0.15) is 0 Å². The van der Waals surface area contributed by atoms with Crippen LogP contribution in [0, 0.1) is 40.4 Å². The van der Waals surface area contributed by atoms with Crippen LogP contribution in [-0.4, -0.2) is 72.4 Å². The van der Waals surface area contributed by atoms with Gasteiger partial charge in [0, 0.05) is 45.4 Å². The van der Waals surface area contributed by atoms with E-state index in [2.05, 4.69) is 44.4 Å². The van der Waals surface area contributed by atoms with Crippen LogP contribution >= 0.6 is 0 Å². The number of carbonyl (C=O) groups is 4. The highest BCUT2D eigenvalue weighted by Gasteiger charge is 2.58. The maximum absolute atomic E-state index is 13.5. The zero-order chi connectivity index (χ0) is 45.6. The monoisotopic (exact) mass is 870 g/mol. The zero-order valence-electron chi connectivity index (χ0n) is 41.2. The van der Waals surface area contributed by atoms with Crippen LogP contribution in [0.2, 0.25) is 0 Å². The van der Waals surface area contributed by atoms with Crippen LogP contribution in [0.5, 0.6) is 0 Å². The Morgan fingerprint density at radius 1 is 0.726 bits per heavy atom. The molecule has 2 N–H and O–H groups in total. The first-order valence-corrected chi connectivity index (χ1v) is 25.3. The number of nitrogens with zero attached hydrogens (tertiary/aromatic N) is 1. The van der Waals surface area contributed by atoms with E-state index in [1.807, 2.05) is 46.4 Å². The van der Waals surface area contributed by atoms with Gasteiger partial charge in [-0.3, -0.25) is 9.59 Å². The highest BCUT2D eigenvalue weighted by molar-refractivity contribution is 5.77. The fourth-order valence-electron chi connectivity index (χ4n) is 11.8. The van der Waals surface area contributed by atoms with Crippen LogP contribution in [-0.2, 0) is 23.8 Å². The molecule has 4 rings (SSSR count). The summed E-state index contributed by atoms with van der Waals surface area (Å²) in [6, 6.07) is 0. The summed E-state index contributed by atoms with van der Waals surface area (Å²) in [5.41, 5.74) is 1.20.